The lowest BCUT2D eigenvalue weighted by Crippen LogP contribution is -2.52. The molecule has 6 heteroatoms. The van der Waals surface area contributed by atoms with Gasteiger partial charge in [-0.05, 0) is 77.5 Å². The van der Waals surface area contributed by atoms with Crippen molar-refractivity contribution in [3.05, 3.63) is 58.9 Å². The molecule has 2 aromatic heterocycles. The monoisotopic (exact) mass is 510 g/mol. The van der Waals surface area contributed by atoms with E-state index in [-0.39, 0.29) is 0 Å². The van der Waals surface area contributed by atoms with Gasteiger partial charge in [0, 0.05) is 37.1 Å². The van der Waals surface area contributed by atoms with E-state index in [4.69, 9.17) is 9.97 Å². The van der Waals surface area contributed by atoms with E-state index in [2.05, 4.69) is 84.0 Å². The van der Waals surface area contributed by atoms with Crippen molar-refractivity contribution >= 4 is 27.8 Å². The summed E-state index contributed by atoms with van der Waals surface area (Å²) >= 11 is 0. The van der Waals surface area contributed by atoms with Gasteiger partial charge in [0.25, 0.3) is 0 Å². The molecule has 0 atom stereocenters. The Bertz CT molecular complexity index is 1430. The molecular formula is C32H42N6. The molecule has 2 fully saturated rings. The Kier molecular flexibility index (Phi) is 6.87. The highest BCUT2D eigenvalue weighted by Crippen LogP contribution is 2.39. The lowest BCUT2D eigenvalue weighted by atomic mass is 10.0. The van der Waals surface area contributed by atoms with Crippen LogP contribution in [0.15, 0.2) is 36.4 Å². The van der Waals surface area contributed by atoms with E-state index in [0.29, 0.717) is 12.1 Å². The Hall–Kier alpha value is -2.96. The Morgan fingerprint density at radius 3 is 2.29 bits per heavy atom. The standard InChI is InChI=1S/C32H42N6/c1-6-37(26-15-17-36(18-16-26)35-25-11-7-8-12-25)31-29-27-13-9-10-14-28(27)38(32(29)34-24(5)33-31)30-22(3)19-21(2)20-23(30)4/h9-10,13-14,19-20,25-26,35H,6-8,11-12,15-18H2,1-5H3. The van der Waals surface area contributed by atoms with Crippen molar-refractivity contribution < 1.29 is 0 Å². The molecule has 1 saturated heterocycles. The lowest BCUT2D eigenvalue weighted by molar-refractivity contribution is 0.119. The predicted octanol–water partition coefficient (Wildman–Crippen LogP) is 6.55. The van der Waals surface area contributed by atoms with Crippen molar-refractivity contribution in [2.75, 3.05) is 24.5 Å². The molecule has 200 valence electrons. The SMILES string of the molecule is CCN(c1nc(C)nc2c1c1ccccc1n2-c1c(C)cc(C)cc1C)C1CCN(NC2CCCC2)CC1. The molecule has 2 aromatic carbocycles. The zero-order valence-electron chi connectivity index (χ0n) is 23.7. The number of para-hydroxylation sites is 1. The number of hydrogen-bond donors (Lipinski definition) is 1. The van der Waals surface area contributed by atoms with Crippen molar-refractivity contribution in [3.8, 4) is 5.69 Å². The third-order valence-electron chi connectivity index (χ3n) is 8.71. The molecule has 6 nitrogen and oxygen atoms in total. The van der Waals surface area contributed by atoms with E-state index in [0.717, 1.165) is 49.8 Å². The van der Waals surface area contributed by atoms with Crippen LogP contribution in [-0.4, -0.2) is 51.3 Å². The van der Waals surface area contributed by atoms with E-state index in [1.807, 2.05) is 6.92 Å². The zero-order chi connectivity index (χ0) is 26.4. The van der Waals surface area contributed by atoms with Gasteiger partial charge in [0.1, 0.15) is 11.6 Å². The van der Waals surface area contributed by atoms with E-state index in [1.165, 1.54) is 64.4 Å². The summed E-state index contributed by atoms with van der Waals surface area (Å²) in [4.78, 5) is 12.8. The molecule has 0 spiro atoms. The molecule has 1 saturated carbocycles. The fourth-order valence-corrected chi connectivity index (χ4v) is 7.10. The van der Waals surface area contributed by atoms with Crippen LogP contribution in [0.2, 0.25) is 0 Å². The van der Waals surface area contributed by atoms with Crippen LogP contribution in [0.5, 0.6) is 0 Å². The second-order valence-corrected chi connectivity index (χ2v) is 11.5. The molecule has 0 unspecified atom stereocenters. The summed E-state index contributed by atoms with van der Waals surface area (Å²) < 4.78 is 2.38. The van der Waals surface area contributed by atoms with Gasteiger partial charge in [-0.2, -0.15) is 0 Å². The van der Waals surface area contributed by atoms with Gasteiger partial charge >= 0.3 is 0 Å². The van der Waals surface area contributed by atoms with Crippen molar-refractivity contribution in [1.29, 1.82) is 0 Å². The van der Waals surface area contributed by atoms with Crippen LogP contribution in [0.3, 0.4) is 0 Å². The minimum atomic E-state index is 0.476. The normalized spacial score (nSPS) is 17.7. The predicted molar refractivity (Wildman–Crippen MR) is 158 cm³/mol. The van der Waals surface area contributed by atoms with E-state index < -0.39 is 0 Å². The molecule has 1 aliphatic heterocycles. The summed E-state index contributed by atoms with van der Waals surface area (Å²) in [6.45, 7) is 14.1. The average Bonchev–Trinajstić information content (AvgIpc) is 3.51. The summed E-state index contributed by atoms with van der Waals surface area (Å²) in [5.74, 6) is 1.92. The van der Waals surface area contributed by atoms with Crippen LogP contribution in [0, 0.1) is 27.7 Å². The first-order valence-corrected chi connectivity index (χ1v) is 14.6. The van der Waals surface area contributed by atoms with Crippen molar-refractivity contribution in [3.63, 3.8) is 0 Å². The quantitative estimate of drug-likeness (QED) is 0.319. The van der Waals surface area contributed by atoms with Crippen LogP contribution in [-0.2, 0) is 0 Å². The van der Waals surface area contributed by atoms with Crippen LogP contribution in [0.1, 0.15) is 68.0 Å². The molecule has 1 N–H and O–H groups in total. The van der Waals surface area contributed by atoms with Gasteiger partial charge in [0.2, 0.25) is 0 Å². The highest BCUT2D eigenvalue weighted by molar-refractivity contribution is 6.13. The number of fused-ring (bicyclic) bond motifs is 3. The molecule has 6 rings (SSSR count). The maximum absolute atomic E-state index is 5.14. The second-order valence-electron chi connectivity index (χ2n) is 11.5. The minimum Gasteiger partial charge on any atom is -0.353 e. The first kappa shape index (κ1) is 25.3. The molecule has 3 heterocycles. The Balaban J connectivity index is 1.43. The first-order chi connectivity index (χ1) is 18.4. The fraction of sp³-hybridized carbons (Fsp3) is 0.500. The molecule has 0 bridgehead atoms. The molecule has 0 amide bonds. The van der Waals surface area contributed by atoms with Crippen molar-refractivity contribution in [2.45, 2.75) is 85.2 Å². The Morgan fingerprint density at radius 2 is 1.61 bits per heavy atom. The van der Waals surface area contributed by atoms with Gasteiger partial charge < -0.3 is 4.90 Å². The van der Waals surface area contributed by atoms with E-state index in [9.17, 15) is 0 Å². The number of piperidine rings is 1. The third-order valence-corrected chi connectivity index (χ3v) is 8.71. The Morgan fingerprint density at radius 1 is 0.921 bits per heavy atom. The minimum absolute atomic E-state index is 0.476. The van der Waals surface area contributed by atoms with Crippen molar-refractivity contribution in [2.24, 2.45) is 0 Å². The first-order valence-electron chi connectivity index (χ1n) is 14.6. The van der Waals surface area contributed by atoms with Gasteiger partial charge in [-0.3, -0.25) is 9.99 Å². The summed E-state index contributed by atoms with van der Waals surface area (Å²) in [5, 5.41) is 4.89. The maximum Gasteiger partial charge on any atom is 0.151 e. The van der Waals surface area contributed by atoms with Crippen molar-refractivity contribution in [1.82, 2.24) is 25.0 Å². The number of nitrogens with one attached hydrogen (secondary N) is 1. The second kappa shape index (κ2) is 10.3. The zero-order valence-corrected chi connectivity index (χ0v) is 23.7. The smallest absolute Gasteiger partial charge is 0.151 e. The van der Waals surface area contributed by atoms with Gasteiger partial charge in [-0.1, -0.05) is 48.7 Å². The highest BCUT2D eigenvalue weighted by atomic mass is 15.5. The van der Waals surface area contributed by atoms with Crippen LogP contribution in [0.25, 0.3) is 27.6 Å². The van der Waals surface area contributed by atoms with Gasteiger partial charge in [0.15, 0.2) is 5.65 Å². The van der Waals surface area contributed by atoms with Crippen LogP contribution < -0.4 is 10.3 Å². The number of aromatic nitrogens is 3. The largest absolute Gasteiger partial charge is 0.353 e. The molecule has 0 radical (unpaired) electrons. The summed E-state index contributed by atoms with van der Waals surface area (Å²) in [5.41, 5.74) is 11.1. The van der Waals surface area contributed by atoms with Crippen LogP contribution in [0.4, 0.5) is 5.82 Å². The number of anilines is 1. The number of benzene rings is 2. The molecule has 4 aromatic rings. The number of rotatable bonds is 6. The maximum atomic E-state index is 5.14. The van der Waals surface area contributed by atoms with Gasteiger partial charge in [-0.15, -0.1) is 0 Å². The highest BCUT2D eigenvalue weighted by Gasteiger charge is 2.30. The number of hydrazine groups is 1. The average molecular weight is 511 g/mol. The number of nitrogens with zero attached hydrogens (tertiary/aromatic N) is 5. The van der Waals surface area contributed by atoms with Crippen LogP contribution >= 0.6 is 0 Å². The number of aryl methyl sites for hydroxylation is 4. The van der Waals surface area contributed by atoms with E-state index >= 15 is 0 Å². The molecule has 2 aliphatic rings. The summed E-state index contributed by atoms with van der Waals surface area (Å²) in [6, 6.07) is 14.5. The summed E-state index contributed by atoms with van der Waals surface area (Å²) in [6.07, 6.45) is 7.68. The lowest BCUT2D eigenvalue weighted by Gasteiger charge is -2.40. The fourth-order valence-electron chi connectivity index (χ4n) is 7.10. The van der Waals surface area contributed by atoms with Gasteiger partial charge in [-0.25, -0.2) is 15.0 Å². The third kappa shape index (κ3) is 4.48. The van der Waals surface area contributed by atoms with Gasteiger partial charge in [0.05, 0.1) is 16.6 Å². The van der Waals surface area contributed by atoms with E-state index in [1.54, 1.807) is 0 Å². The molecule has 1 aliphatic carbocycles. The summed E-state index contributed by atoms with van der Waals surface area (Å²) in [7, 11) is 0. The Labute approximate surface area is 227 Å². The number of hydrogen-bond acceptors (Lipinski definition) is 5. The topological polar surface area (TPSA) is 49.2 Å². The molecule has 38 heavy (non-hydrogen) atoms. The molecular weight excluding hydrogens is 468 g/mol.